The van der Waals surface area contributed by atoms with Gasteiger partial charge in [-0.25, -0.2) is 0 Å². The van der Waals surface area contributed by atoms with Crippen molar-refractivity contribution < 1.29 is 4.79 Å². The van der Waals surface area contributed by atoms with E-state index in [1.807, 2.05) is 42.5 Å². The molecule has 1 amide bonds. The molecule has 0 aliphatic heterocycles. The van der Waals surface area contributed by atoms with Crippen molar-refractivity contribution in [3.63, 3.8) is 0 Å². The van der Waals surface area contributed by atoms with Crippen molar-refractivity contribution >= 4 is 33.2 Å². The number of anilines is 1. The molecule has 1 atom stereocenters. The normalized spacial score (nSPS) is 12.5. The first-order valence-electron chi connectivity index (χ1n) is 7.98. The summed E-state index contributed by atoms with van der Waals surface area (Å²) in [4.78, 5) is 24.9. The summed E-state index contributed by atoms with van der Waals surface area (Å²) >= 11 is 1.32. The van der Waals surface area contributed by atoms with Crippen LogP contribution in [0.15, 0.2) is 53.3 Å². The Morgan fingerprint density at radius 2 is 1.71 bits per heavy atom. The maximum absolute atomic E-state index is 12.5. The summed E-state index contributed by atoms with van der Waals surface area (Å²) in [6.45, 7) is 6.00. The first-order chi connectivity index (χ1) is 11.5. The summed E-state index contributed by atoms with van der Waals surface area (Å²) in [6, 6.07) is 14.7. The minimum Gasteiger partial charge on any atom is -0.324 e. The molecule has 0 aliphatic rings. The molecule has 124 valence electrons. The molecule has 0 bridgehead atoms. The lowest BCUT2D eigenvalue weighted by Crippen LogP contribution is -2.28. The van der Waals surface area contributed by atoms with Gasteiger partial charge in [-0.05, 0) is 42.7 Å². The number of carbonyl (C=O) groups is 1. The van der Waals surface area contributed by atoms with Crippen molar-refractivity contribution in [1.29, 1.82) is 0 Å². The number of carbonyl (C=O) groups excluding carboxylic acids is 1. The average molecular weight is 340 g/mol. The number of aromatic nitrogens is 1. The largest absolute Gasteiger partial charge is 0.324 e. The molecule has 24 heavy (non-hydrogen) atoms. The van der Waals surface area contributed by atoms with Crippen LogP contribution < -0.4 is 10.9 Å². The van der Waals surface area contributed by atoms with Crippen LogP contribution in [0.2, 0.25) is 0 Å². The molecule has 0 spiro atoms. The van der Waals surface area contributed by atoms with E-state index in [1.54, 1.807) is 13.0 Å². The van der Waals surface area contributed by atoms with Gasteiger partial charge in [0.05, 0.1) is 10.1 Å². The van der Waals surface area contributed by atoms with Gasteiger partial charge in [0.2, 0.25) is 5.91 Å². The molecule has 5 heteroatoms. The summed E-state index contributed by atoms with van der Waals surface area (Å²) in [6.07, 6.45) is 0. The van der Waals surface area contributed by atoms with Crippen LogP contribution in [-0.4, -0.2) is 9.86 Å². The Balaban J connectivity index is 1.81. The number of nitrogens with zero attached hydrogens (tertiary/aromatic N) is 1. The quantitative estimate of drug-likeness (QED) is 0.766. The molecule has 4 nitrogen and oxygen atoms in total. The monoisotopic (exact) mass is 340 g/mol. The highest BCUT2D eigenvalue weighted by atomic mass is 32.1. The van der Waals surface area contributed by atoms with Crippen molar-refractivity contribution in [2.75, 3.05) is 5.32 Å². The van der Waals surface area contributed by atoms with E-state index in [2.05, 4.69) is 19.2 Å². The zero-order valence-corrected chi connectivity index (χ0v) is 14.8. The minimum atomic E-state index is -0.556. The number of nitrogens with one attached hydrogen (secondary N) is 1. The third-order valence-corrected chi connectivity index (χ3v) is 5.32. The first-order valence-corrected chi connectivity index (χ1v) is 8.76. The summed E-state index contributed by atoms with van der Waals surface area (Å²) in [7, 11) is 0. The van der Waals surface area contributed by atoms with Gasteiger partial charge in [0.25, 0.3) is 5.56 Å². The molecule has 3 aromatic rings. The maximum Gasteiger partial charge on any atom is 0.269 e. The second-order valence-corrected chi connectivity index (χ2v) is 7.18. The zero-order chi connectivity index (χ0) is 17.3. The van der Waals surface area contributed by atoms with E-state index < -0.39 is 6.04 Å². The van der Waals surface area contributed by atoms with Crippen LogP contribution in [0.25, 0.3) is 10.1 Å². The van der Waals surface area contributed by atoms with Crippen LogP contribution >= 0.6 is 11.5 Å². The molecule has 0 unspecified atom stereocenters. The Hall–Kier alpha value is -2.40. The van der Waals surface area contributed by atoms with Crippen LogP contribution in [-0.2, 0) is 4.79 Å². The Labute approximate surface area is 144 Å². The molecule has 2 aromatic carbocycles. The van der Waals surface area contributed by atoms with Crippen LogP contribution in [0.5, 0.6) is 0 Å². The van der Waals surface area contributed by atoms with Crippen LogP contribution in [0.3, 0.4) is 0 Å². The van der Waals surface area contributed by atoms with Gasteiger partial charge in [0.15, 0.2) is 0 Å². The second-order valence-electron chi connectivity index (χ2n) is 6.16. The number of hydrogen-bond acceptors (Lipinski definition) is 3. The number of rotatable bonds is 4. The molecule has 0 radical (unpaired) electrons. The van der Waals surface area contributed by atoms with Crippen molar-refractivity contribution in [3.05, 3.63) is 64.4 Å². The topological polar surface area (TPSA) is 51.1 Å². The van der Waals surface area contributed by atoms with Crippen LogP contribution in [0, 0.1) is 0 Å². The van der Waals surface area contributed by atoms with Gasteiger partial charge in [0, 0.05) is 5.69 Å². The summed E-state index contributed by atoms with van der Waals surface area (Å²) < 4.78 is 2.42. The summed E-state index contributed by atoms with van der Waals surface area (Å²) in [5.41, 5.74) is 1.85. The number of hydrogen-bond donors (Lipinski definition) is 1. The molecular formula is C19H20N2O2S. The predicted molar refractivity (Wildman–Crippen MR) is 100.0 cm³/mol. The third kappa shape index (κ3) is 3.12. The van der Waals surface area contributed by atoms with E-state index >= 15 is 0 Å². The van der Waals surface area contributed by atoms with Crippen molar-refractivity contribution in [2.45, 2.75) is 32.7 Å². The number of fused-ring (bicyclic) bond motifs is 1. The van der Waals surface area contributed by atoms with Gasteiger partial charge < -0.3 is 5.32 Å². The highest BCUT2D eigenvalue weighted by Crippen LogP contribution is 2.21. The fraction of sp³-hybridized carbons (Fsp3) is 0.263. The minimum absolute atomic E-state index is 0.117. The fourth-order valence-corrected chi connectivity index (χ4v) is 3.59. The number of amides is 1. The van der Waals surface area contributed by atoms with E-state index in [9.17, 15) is 9.59 Å². The van der Waals surface area contributed by atoms with E-state index in [4.69, 9.17) is 0 Å². The van der Waals surface area contributed by atoms with E-state index in [1.165, 1.54) is 21.1 Å². The van der Waals surface area contributed by atoms with Gasteiger partial charge in [-0.1, -0.05) is 49.6 Å². The molecule has 0 aliphatic carbocycles. The first kappa shape index (κ1) is 16.5. The smallest absolute Gasteiger partial charge is 0.269 e. The van der Waals surface area contributed by atoms with E-state index in [0.29, 0.717) is 11.3 Å². The lowest BCUT2D eigenvalue weighted by molar-refractivity contribution is -0.118. The maximum atomic E-state index is 12.5. The zero-order valence-electron chi connectivity index (χ0n) is 13.9. The molecule has 1 aromatic heterocycles. The summed E-state index contributed by atoms with van der Waals surface area (Å²) in [5.74, 6) is 0.256. The lowest BCUT2D eigenvalue weighted by atomic mass is 10.0. The highest BCUT2D eigenvalue weighted by Gasteiger charge is 2.19. The van der Waals surface area contributed by atoms with Crippen LogP contribution in [0.4, 0.5) is 5.69 Å². The predicted octanol–water partition coefficient (Wildman–Crippen LogP) is 4.39. The van der Waals surface area contributed by atoms with Gasteiger partial charge in [-0.15, -0.1) is 0 Å². The summed E-state index contributed by atoms with van der Waals surface area (Å²) in [5, 5.41) is 3.54. The van der Waals surface area contributed by atoms with Crippen molar-refractivity contribution in [3.8, 4) is 0 Å². The Kier molecular flexibility index (Phi) is 4.53. The van der Waals surface area contributed by atoms with E-state index in [-0.39, 0.29) is 11.5 Å². The molecule has 1 N–H and O–H groups in total. The van der Waals surface area contributed by atoms with Crippen LogP contribution in [0.1, 0.15) is 38.3 Å². The van der Waals surface area contributed by atoms with Crippen molar-refractivity contribution in [2.24, 2.45) is 0 Å². The SMILES string of the molecule is CC(C)c1ccc(NC(=O)[C@H](C)n2sc3ccccc3c2=O)cc1. The Morgan fingerprint density at radius 1 is 1.04 bits per heavy atom. The van der Waals surface area contributed by atoms with Gasteiger partial charge >= 0.3 is 0 Å². The molecule has 0 saturated heterocycles. The highest BCUT2D eigenvalue weighted by molar-refractivity contribution is 7.14. The van der Waals surface area contributed by atoms with Crippen molar-refractivity contribution in [1.82, 2.24) is 3.96 Å². The molecule has 0 saturated carbocycles. The van der Waals surface area contributed by atoms with Gasteiger partial charge in [0.1, 0.15) is 6.04 Å². The number of benzene rings is 2. The van der Waals surface area contributed by atoms with Gasteiger partial charge in [-0.2, -0.15) is 0 Å². The van der Waals surface area contributed by atoms with Gasteiger partial charge in [-0.3, -0.25) is 13.5 Å². The molecule has 0 fully saturated rings. The standard InChI is InChI=1S/C19H20N2O2S/c1-12(2)14-8-10-15(11-9-14)20-18(22)13(3)21-19(23)16-6-4-5-7-17(16)24-21/h4-13H,1-3H3,(H,20,22)/t13-/m0/s1. The molecule has 1 heterocycles. The lowest BCUT2D eigenvalue weighted by Gasteiger charge is -2.13. The molecule has 3 rings (SSSR count). The second kappa shape index (κ2) is 6.61. The third-order valence-electron chi connectivity index (χ3n) is 4.09. The fourth-order valence-electron chi connectivity index (χ4n) is 2.55. The van der Waals surface area contributed by atoms with E-state index in [0.717, 1.165) is 10.4 Å². The molecular weight excluding hydrogens is 320 g/mol. The Bertz CT molecular complexity index is 922. The average Bonchev–Trinajstić information content (AvgIpc) is 2.92. The Morgan fingerprint density at radius 3 is 2.33 bits per heavy atom.